The van der Waals surface area contributed by atoms with Crippen LogP contribution in [-0.4, -0.2) is 64.1 Å². The second-order valence-corrected chi connectivity index (χ2v) is 7.91. The number of carbonyl (C=O) groups excluding carboxylic acids is 3. The van der Waals surface area contributed by atoms with Crippen LogP contribution in [0.3, 0.4) is 0 Å². The van der Waals surface area contributed by atoms with Crippen LogP contribution in [0.4, 0.5) is 9.59 Å². The zero-order chi connectivity index (χ0) is 17.4. The minimum Gasteiger partial charge on any atom is -0.453 e. The highest BCUT2D eigenvalue weighted by atomic mass is 79.9. The summed E-state index contributed by atoms with van der Waals surface area (Å²) in [5.41, 5.74) is -0.693. The average Bonchev–Trinajstić information content (AvgIpc) is 2.50. The van der Waals surface area contributed by atoms with E-state index in [1.54, 1.807) is 20.8 Å². The number of amides is 3. The molecule has 1 aliphatic carbocycles. The lowest BCUT2D eigenvalue weighted by Crippen LogP contribution is -2.53. The Morgan fingerprint density at radius 3 is 2.35 bits per heavy atom. The maximum absolute atomic E-state index is 12.6. The van der Waals surface area contributed by atoms with Crippen molar-refractivity contribution in [3.63, 3.8) is 0 Å². The molecule has 0 aromatic carbocycles. The number of hydrogen-bond donors (Lipinski definition) is 0. The van der Waals surface area contributed by atoms with Crippen LogP contribution >= 0.6 is 15.9 Å². The zero-order valence-corrected chi connectivity index (χ0v) is 15.5. The van der Waals surface area contributed by atoms with Crippen molar-refractivity contribution in [2.24, 2.45) is 0 Å². The van der Waals surface area contributed by atoms with Gasteiger partial charge in [-0.15, -0.1) is 0 Å². The Kier molecular flexibility index (Phi) is 5.23. The molecule has 3 amide bonds. The molecule has 2 rings (SSSR count). The van der Waals surface area contributed by atoms with Crippen LogP contribution in [-0.2, 0) is 14.3 Å². The standard InChI is InChI=1S/C15H23BrN2O5/c1-15(2,3)23-14(21)18-10-7-5-6-9(12(10)16)17(8-11(18)19)13(20)22-4/h9-10,12H,5-8H2,1-4H3/t9-,10+,12+/m0/s1. The van der Waals surface area contributed by atoms with Crippen molar-refractivity contribution in [3.8, 4) is 0 Å². The monoisotopic (exact) mass is 390 g/mol. The van der Waals surface area contributed by atoms with Crippen LogP contribution in [0.5, 0.6) is 0 Å². The van der Waals surface area contributed by atoms with Gasteiger partial charge in [0.25, 0.3) is 5.91 Å². The molecule has 130 valence electrons. The minimum atomic E-state index is -0.693. The van der Waals surface area contributed by atoms with Gasteiger partial charge in [-0.1, -0.05) is 15.9 Å². The molecule has 2 bridgehead atoms. The molecule has 7 nitrogen and oxygen atoms in total. The Morgan fingerprint density at radius 1 is 1.17 bits per heavy atom. The summed E-state index contributed by atoms with van der Waals surface area (Å²) >= 11 is 3.58. The summed E-state index contributed by atoms with van der Waals surface area (Å²) in [6.45, 7) is 5.07. The molecule has 1 aliphatic heterocycles. The molecule has 0 aromatic rings. The molecule has 0 unspecified atom stereocenters. The van der Waals surface area contributed by atoms with E-state index in [1.165, 1.54) is 16.9 Å². The Labute approximate surface area is 144 Å². The van der Waals surface area contributed by atoms with Gasteiger partial charge in [0.2, 0.25) is 0 Å². The number of ether oxygens (including phenoxy) is 2. The lowest BCUT2D eigenvalue weighted by Gasteiger charge is -2.39. The van der Waals surface area contributed by atoms with Crippen LogP contribution in [0.2, 0.25) is 0 Å². The highest BCUT2D eigenvalue weighted by molar-refractivity contribution is 9.09. The quantitative estimate of drug-likeness (QED) is 0.593. The number of nitrogens with zero attached hydrogens (tertiary/aromatic N) is 2. The first-order chi connectivity index (χ1) is 10.7. The molecule has 2 aliphatic rings. The summed E-state index contributed by atoms with van der Waals surface area (Å²) < 4.78 is 10.2. The van der Waals surface area contributed by atoms with E-state index in [4.69, 9.17) is 9.47 Å². The molecule has 3 atom stereocenters. The van der Waals surface area contributed by atoms with Crippen LogP contribution in [0, 0.1) is 0 Å². The number of halogens is 1. The number of alkyl halides is 1. The van der Waals surface area contributed by atoms with Crippen molar-refractivity contribution in [3.05, 3.63) is 0 Å². The molecule has 1 heterocycles. The number of fused-ring (bicyclic) bond motifs is 2. The molecule has 1 saturated heterocycles. The van der Waals surface area contributed by atoms with E-state index in [0.29, 0.717) is 6.42 Å². The zero-order valence-electron chi connectivity index (χ0n) is 13.9. The average molecular weight is 391 g/mol. The van der Waals surface area contributed by atoms with E-state index in [1.807, 2.05) is 0 Å². The Hall–Kier alpha value is -1.31. The fourth-order valence-corrected chi connectivity index (χ4v) is 4.15. The third-order valence-electron chi connectivity index (χ3n) is 4.04. The van der Waals surface area contributed by atoms with E-state index in [-0.39, 0.29) is 23.5 Å². The van der Waals surface area contributed by atoms with Crippen molar-refractivity contribution in [2.75, 3.05) is 13.7 Å². The SMILES string of the molecule is COC(=O)N1CC(=O)N(C(=O)OC(C)(C)C)[C@@H]2CCC[C@H]1[C@H]2Br. The van der Waals surface area contributed by atoms with E-state index < -0.39 is 23.7 Å². The van der Waals surface area contributed by atoms with E-state index >= 15 is 0 Å². The smallest absolute Gasteiger partial charge is 0.417 e. The molecule has 0 aromatic heterocycles. The highest BCUT2D eigenvalue weighted by Gasteiger charge is 2.48. The van der Waals surface area contributed by atoms with Crippen molar-refractivity contribution >= 4 is 34.0 Å². The normalized spacial score (nSPS) is 28.2. The van der Waals surface area contributed by atoms with Gasteiger partial charge in [-0.05, 0) is 40.0 Å². The fraction of sp³-hybridized carbons (Fsp3) is 0.800. The second kappa shape index (κ2) is 6.67. The molecule has 0 radical (unpaired) electrons. The van der Waals surface area contributed by atoms with E-state index in [9.17, 15) is 14.4 Å². The van der Waals surface area contributed by atoms with Crippen LogP contribution in [0.25, 0.3) is 0 Å². The second-order valence-electron chi connectivity index (χ2n) is 6.85. The van der Waals surface area contributed by atoms with Crippen LogP contribution < -0.4 is 0 Å². The summed E-state index contributed by atoms with van der Waals surface area (Å²) in [6.07, 6.45) is 1.05. The van der Waals surface area contributed by atoms with Gasteiger partial charge in [-0.3, -0.25) is 9.69 Å². The molecular weight excluding hydrogens is 368 g/mol. The first-order valence-corrected chi connectivity index (χ1v) is 8.61. The fourth-order valence-electron chi connectivity index (χ4n) is 3.10. The molecular formula is C15H23BrN2O5. The predicted molar refractivity (Wildman–Crippen MR) is 86.3 cm³/mol. The van der Waals surface area contributed by atoms with Crippen LogP contribution in [0.1, 0.15) is 40.0 Å². The van der Waals surface area contributed by atoms with Gasteiger partial charge in [-0.25, -0.2) is 14.5 Å². The molecule has 2 fully saturated rings. The maximum Gasteiger partial charge on any atom is 0.417 e. The third kappa shape index (κ3) is 3.79. The van der Waals surface area contributed by atoms with Gasteiger partial charge in [0.1, 0.15) is 12.1 Å². The van der Waals surface area contributed by atoms with Crippen LogP contribution in [0.15, 0.2) is 0 Å². The Bertz CT molecular complexity index is 505. The largest absolute Gasteiger partial charge is 0.453 e. The number of carbonyl (C=O) groups is 3. The summed E-state index contributed by atoms with van der Waals surface area (Å²) in [5.74, 6) is -0.441. The molecule has 1 saturated carbocycles. The van der Waals surface area contributed by atoms with Crippen molar-refractivity contribution in [1.29, 1.82) is 0 Å². The Balaban J connectivity index is 2.32. The summed E-state index contributed by atoms with van der Waals surface area (Å²) in [4.78, 5) is 39.5. The highest BCUT2D eigenvalue weighted by Crippen LogP contribution is 2.35. The molecule has 8 heteroatoms. The van der Waals surface area contributed by atoms with Gasteiger partial charge in [0.15, 0.2) is 0 Å². The lowest BCUT2D eigenvalue weighted by molar-refractivity contribution is -0.132. The maximum atomic E-state index is 12.6. The van der Waals surface area contributed by atoms with Gasteiger partial charge < -0.3 is 9.47 Å². The lowest BCUT2D eigenvalue weighted by atomic mass is 9.90. The van der Waals surface area contributed by atoms with Crippen molar-refractivity contribution in [1.82, 2.24) is 9.80 Å². The number of imide groups is 1. The molecule has 23 heavy (non-hydrogen) atoms. The summed E-state index contributed by atoms with van der Waals surface area (Å²) in [5, 5.41) is 0. The number of methoxy groups -OCH3 is 1. The molecule has 0 N–H and O–H groups in total. The predicted octanol–water partition coefficient (Wildman–Crippen LogP) is 2.52. The third-order valence-corrected chi connectivity index (χ3v) is 5.26. The van der Waals surface area contributed by atoms with Crippen molar-refractivity contribution in [2.45, 2.75) is 62.5 Å². The Morgan fingerprint density at radius 2 is 1.78 bits per heavy atom. The van der Waals surface area contributed by atoms with E-state index in [2.05, 4.69) is 15.9 Å². The van der Waals surface area contributed by atoms with Crippen molar-refractivity contribution < 1.29 is 23.9 Å². The van der Waals surface area contributed by atoms with Gasteiger partial charge in [-0.2, -0.15) is 0 Å². The summed E-state index contributed by atoms with van der Waals surface area (Å²) in [6, 6.07) is -0.511. The number of rotatable bonds is 0. The molecule has 0 spiro atoms. The van der Waals surface area contributed by atoms with Gasteiger partial charge >= 0.3 is 12.2 Å². The van der Waals surface area contributed by atoms with E-state index in [0.717, 1.165) is 12.8 Å². The van der Waals surface area contributed by atoms with Gasteiger partial charge in [0.05, 0.1) is 24.0 Å². The topological polar surface area (TPSA) is 76.2 Å². The van der Waals surface area contributed by atoms with Gasteiger partial charge in [0, 0.05) is 0 Å². The first-order valence-electron chi connectivity index (χ1n) is 7.69. The first kappa shape index (κ1) is 18.0. The minimum absolute atomic E-state index is 0.183. The summed E-state index contributed by atoms with van der Waals surface area (Å²) in [7, 11) is 1.28. The number of hydrogen-bond acceptors (Lipinski definition) is 5.